The van der Waals surface area contributed by atoms with Gasteiger partial charge in [0.2, 0.25) is 0 Å². The minimum absolute atomic E-state index is 0.257. The van der Waals surface area contributed by atoms with Gasteiger partial charge in [0, 0.05) is 12.2 Å². The van der Waals surface area contributed by atoms with Crippen molar-refractivity contribution >= 4 is 11.7 Å². The number of nitrogens with one attached hydrogen (secondary N) is 2. The number of benzene rings is 1. The lowest BCUT2D eigenvalue weighted by molar-refractivity contribution is -0.168. The highest BCUT2D eigenvalue weighted by molar-refractivity contribution is 5.89. The second-order valence-electron chi connectivity index (χ2n) is 5.77. The van der Waals surface area contributed by atoms with E-state index < -0.39 is 19.0 Å². The van der Waals surface area contributed by atoms with Crippen LogP contribution < -0.4 is 10.6 Å². The van der Waals surface area contributed by atoms with Crippen LogP contribution in [0.4, 0.5) is 28.0 Å². The Balaban J connectivity index is 2.48. The van der Waals surface area contributed by atoms with Crippen LogP contribution in [0.25, 0.3) is 0 Å². The van der Waals surface area contributed by atoms with E-state index in [-0.39, 0.29) is 12.6 Å². The summed E-state index contributed by atoms with van der Waals surface area (Å²) in [6.45, 7) is 3.04. The van der Waals surface area contributed by atoms with Crippen LogP contribution in [0.15, 0.2) is 24.3 Å². The fourth-order valence-electron chi connectivity index (χ4n) is 2.10. The van der Waals surface area contributed by atoms with E-state index >= 15 is 0 Å². The average Bonchev–Trinajstić information content (AvgIpc) is 2.56. The number of halogens is 4. The van der Waals surface area contributed by atoms with E-state index in [0.29, 0.717) is 23.7 Å². The molecule has 1 aromatic rings. The van der Waals surface area contributed by atoms with E-state index in [9.17, 15) is 22.4 Å². The molecule has 0 aliphatic heterocycles. The first-order chi connectivity index (χ1) is 11.8. The first kappa shape index (κ1) is 21.2. The number of carbonyl (C=O) groups is 1. The number of hydrogen-bond acceptors (Lipinski definition) is 2. The molecule has 0 fully saturated rings. The van der Waals surface area contributed by atoms with Crippen LogP contribution in [-0.2, 0) is 11.3 Å². The molecule has 8 heteroatoms. The average molecular weight is 364 g/mol. The Morgan fingerprint density at radius 3 is 2.52 bits per heavy atom. The van der Waals surface area contributed by atoms with Crippen molar-refractivity contribution in [3.63, 3.8) is 0 Å². The summed E-state index contributed by atoms with van der Waals surface area (Å²) in [6.07, 6.45) is -1.83. The predicted molar refractivity (Wildman–Crippen MR) is 88.1 cm³/mol. The molecule has 0 aliphatic carbocycles. The van der Waals surface area contributed by atoms with Crippen molar-refractivity contribution in [1.29, 1.82) is 0 Å². The number of ether oxygens (including phenoxy) is 1. The number of urea groups is 1. The third-order valence-corrected chi connectivity index (χ3v) is 3.77. The summed E-state index contributed by atoms with van der Waals surface area (Å²) in [5.74, 6) is -3.77. The molecule has 0 saturated carbocycles. The summed E-state index contributed by atoms with van der Waals surface area (Å²) in [5, 5.41) is 5.40. The highest BCUT2D eigenvalue weighted by atomic mass is 19.3. The van der Waals surface area contributed by atoms with Gasteiger partial charge in [-0.25, -0.2) is 13.6 Å². The van der Waals surface area contributed by atoms with Crippen molar-refractivity contribution < 1.29 is 27.1 Å². The van der Waals surface area contributed by atoms with E-state index in [4.69, 9.17) is 0 Å². The summed E-state index contributed by atoms with van der Waals surface area (Å²) in [4.78, 5) is 11.8. The van der Waals surface area contributed by atoms with Crippen LogP contribution in [-0.4, -0.2) is 31.5 Å². The van der Waals surface area contributed by atoms with E-state index in [1.807, 2.05) is 0 Å². The van der Waals surface area contributed by atoms with E-state index in [0.717, 1.165) is 12.8 Å². The Morgan fingerprint density at radius 1 is 1.24 bits per heavy atom. The van der Waals surface area contributed by atoms with Gasteiger partial charge < -0.3 is 15.4 Å². The summed E-state index contributed by atoms with van der Waals surface area (Å²) in [7, 11) is 0. The smallest absolute Gasteiger partial charge is 0.330 e. The lowest BCUT2D eigenvalue weighted by Crippen LogP contribution is -2.33. The zero-order chi connectivity index (χ0) is 18.9. The monoisotopic (exact) mass is 364 g/mol. The zero-order valence-electron chi connectivity index (χ0n) is 14.3. The van der Waals surface area contributed by atoms with Gasteiger partial charge in [-0.3, -0.25) is 0 Å². The standard InChI is InChI=1S/C17H24F4N2O2/c1-3-12(4-2)9-22-16(24)23-14-7-5-6-13(8-14)10-25-11-17(20,21)15(18)19/h5-8,12,15H,3-4,9-11H2,1-2H3,(H2,22,23,24). The normalized spacial score (nSPS) is 11.8. The van der Waals surface area contributed by atoms with Crippen LogP contribution in [0.5, 0.6) is 0 Å². The quantitative estimate of drug-likeness (QED) is 0.593. The molecule has 25 heavy (non-hydrogen) atoms. The number of alkyl halides is 4. The molecule has 0 saturated heterocycles. The molecule has 2 N–H and O–H groups in total. The molecular weight excluding hydrogens is 340 g/mol. The fourth-order valence-corrected chi connectivity index (χ4v) is 2.10. The van der Waals surface area contributed by atoms with Gasteiger partial charge in [-0.2, -0.15) is 8.78 Å². The van der Waals surface area contributed by atoms with Gasteiger partial charge in [-0.05, 0) is 23.6 Å². The Hall–Kier alpha value is -1.83. The van der Waals surface area contributed by atoms with Crippen LogP contribution in [0.1, 0.15) is 32.3 Å². The minimum Gasteiger partial charge on any atom is -0.370 e. The highest BCUT2D eigenvalue weighted by Gasteiger charge is 2.40. The van der Waals surface area contributed by atoms with Crippen molar-refractivity contribution in [3.8, 4) is 0 Å². The Morgan fingerprint density at radius 2 is 1.92 bits per heavy atom. The number of amides is 2. The maximum Gasteiger partial charge on any atom is 0.330 e. The zero-order valence-corrected chi connectivity index (χ0v) is 14.3. The first-order valence-electron chi connectivity index (χ1n) is 8.16. The molecule has 0 spiro atoms. The van der Waals surface area contributed by atoms with Gasteiger partial charge in [-0.15, -0.1) is 0 Å². The molecule has 142 valence electrons. The number of anilines is 1. The first-order valence-corrected chi connectivity index (χ1v) is 8.16. The molecule has 4 nitrogen and oxygen atoms in total. The minimum atomic E-state index is -4.18. The molecule has 2 amide bonds. The second-order valence-corrected chi connectivity index (χ2v) is 5.77. The summed E-state index contributed by atoms with van der Waals surface area (Å²) >= 11 is 0. The number of carbonyl (C=O) groups excluding carboxylic acids is 1. The maximum absolute atomic E-state index is 12.8. The van der Waals surface area contributed by atoms with Gasteiger partial charge in [0.15, 0.2) is 0 Å². The Bertz CT molecular complexity index is 537. The highest BCUT2D eigenvalue weighted by Crippen LogP contribution is 2.23. The number of rotatable bonds is 10. The maximum atomic E-state index is 12.8. The molecule has 0 heterocycles. The largest absolute Gasteiger partial charge is 0.370 e. The van der Waals surface area contributed by atoms with Gasteiger partial charge >= 0.3 is 18.4 Å². The molecule has 0 radical (unpaired) electrons. The molecule has 1 rings (SSSR count). The van der Waals surface area contributed by atoms with E-state index in [2.05, 4.69) is 29.2 Å². The molecule has 0 unspecified atom stereocenters. The van der Waals surface area contributed by atoms with Gasteiger partial charge in [0.05, 0.1) is 6.61 Å². The summed E-state index contributed by atoms with van der Waals surface area (Å²) < 4.78 is 54.3. The van der Waals surface area contributed by atoms with Crippen LogP contribution in [0, 0.1) is 5.92 Å². The summed E-state index contributed by atoms with van der Waals surface area (Å²) in [5.41, 5.74) is 0.951. The molecule has 0 bridgehead atoms. The molecule has 0 aromatic heterocycles. The lowest BCUT2D eigenvalue weighted by atomic mass is 10.0. The van der Waals surface area contributed by atoms with Gasteiger partial charge in [0.25, 0.3) is 0 Å². The number of hydrogen-bond donors (Lipinski definition) is 2. The SMILES string of the molecule is CCC(CC)CNC(=O)Nc1cccc(COCC(F)(F)C(F)F)c1. The Kier molecular flexibility index (Phi) is 8.68. The molecule has 0 atom stereocenters. The third kappa shape index (κ3) is 7.72. The van der Waals surface area contributed by atoms with Crippen LogP contribution in [0.3, 0.4) is 0 Å². The molecule has 0 aliphatic rings. The Labute approximate surface area is 144 Å². The fraction of sp³-hybridized carbons (Fsp3) is 0.588. The second kappa shape index (κ2) is 10.2. The van der Waals surface area contributed by atoms with Crippen molar-refractivity contribution in [2.75, 3.05) is 18.5 Å². The van der Waals surface area contributed by atoms with Crippen LogP contribution >= 0.6 is 0 Å². The van der Waals surface area contributed by atoms with Crippen molar-refractivity contribution in [2.24, 2.45) is 5.92 Å². The molecular formula is C17H24F4N2O2. The third-order valence-electron chi connectivity index (χ3n) is 3.77. The lowest BCUT2D eigenvalue weighted by Gasteiger charge is -2.16. The van der Waals surface area contributed by atoms with Gasteiger partial charge in [0.1, 0.15) is 6.61 Å². The van der Waals surface area contributed by atoms with E-state index in [1.165, 1.54) is 6.07 Å². The predicted octanol–water partition coefficient (Wildman–Crippen LogP) is 4.66. The van der Waals surface area contributed by atoms with Crippen molar-refractivity contribution in [3.05, 3.63) is 29.8 Å². The van der Waals surface area contributed by atoms with Crippen LogP contribution in [0.2, 0.25) is 0 Å². The molecule has 1 aromatic carbocycles. The van der Waals surface area contributed by atoms with Crippen molar-refractivity contribution in [2.45, 2.75) is 45.6 Å². The summed E-state index contributed by atoms with van der Waals surface area (Å²) in [6, 6.07) is 6.01. The topological polar surface area (TPSA) is 50.4 Å². The van der Waals surface area contributed by atoms with Crippen molar-refractivity contribution in [1.82, 2.24) is 5.32 Å². The van der Waals surface area contributed by atoms with Gasteiger partial charge in [-0.1, -0.05) is 38.8 Å². The van der Waals surface area contributed by atoms with E-state index in [1.54, 1.807) is 18.2 Å².